The van der Waals surface area contributed by atoms with Crippen LogP contribution in [-0.4, -0.2) is 29.2 Å². The maximum absolute atomic E-state index is 14.0. The number of esters is 1. The van der Waals surface area contributed by atoms with E-state index >= 15 is 0 Å². The number of benzene rings is 3. The molecule has 0 N–H and O–H groups in total. The Labute approximate surface area is 216 Å². The summed E-state index contributed by atoms with van der Waals surface area (Å²) < 4.78 is 59.2. The number of hydrogen-bond donors (Lipinski definition) is 0. The van der Waals surface area contributed by atoms with Gasteiger partial charge in [0.2, 0.25) is 0 Å². The Morgan fingerprint density at radius 3 is 2.26 bits per heavy atom. The fourth-order valence-electron chi connectivity index (χ4n) is 4.89. The van der Waals surface area contributed by atoms with Crippen LogP contribution in [0.5, 0.6) is 0 Å². The number of amides is 1. The molecule has 1 amide bonds. The second kappa shape index (κ2) is 10.6. The van der Waals surface area contributed by atoms with Crippen molar-refractivity contribution in [3.8, 4) is 0 Å². The normalized spacial score (nSPS) is 19.7. The molecule has 194 valence electrons. The van der Waals surface area contributed by atoms with Gasteiger partial charge >= 0.3 is 5.97 Å². The molecule has 0 bridgehead atoms. The van der Waals surface area contributed by atoms with E-state index < -0.39 is 47.5 Å². The van der Waals surface area contributed by atoms with Gasteiger partial charge in [0.25, 0.3) is 5.91 Å². The summed E-state index contributed by atoms with van der Waals surface area (Å²) in [4.78, 5) is 25.6. The van der Waals surface area contributed by atoms with Gasteiger partial charge in [-0.15, -0.1) is 0 Å². The predicted molar refractivity (Wildman–Crippen MR) is 132 cm³/mol. The number of fused-ring (bicyclic) bond motifs is 1. The highest BCUT2D eigenvalue weighted by Crippen LogP contribution is 2.44. The predicted octanol–water partition coefficient (Wildman–Crippen LogP) is 6.22. The summed E-state index contributed by atoms with van der Waals surface area (Å²) in [6, 6.07) is 13.6. The first-order valence-corrected chi connectivity index (χ1v) is 12.0. The zero-order valence-corrected chi connectivity index (χ0v) is 20.0. The van der Waals surface area contributed by atoms with Crippen LogP contribution < -0.4 is 0 Å². The van der Waals surface area contributed by atoms with E-state index in [1.165, 1.54) is 29.3 Å². The number of ether oxygens (including phenoxy) is 1. The Morgan fingerprint density at radius 1 is 0.921 bits per heavy atom. The molecule has 5 rings (SSSR count). The Hall–Kier alpha value is -4.27. The molecule has 9 heteroatoms. The first-order valence-electron chi connectivity index (χ1n) is 12.0. The van der Waals surface area contributed by atoms with Crippen molar-refractivity contribution >= 4 is 23.7 Å². The van der Waals surface area contributed by atoms with Gasteiger partial charge in [-0.05, 0) is 78.4 Å². The fraction of sp³-hybridized carbons (Fsp3) is 0.207. The lowest BCUT2D eigenvalue weighted by Gasteiger charge is -2.29. The van der Waals surface area contributed by atoms with E-state index in [0.29, 0.717) is 30.2 Å². The number of halogens is 4. The highest BCUT2D eigenvalue weighted by Gasteiger charge is 2.44. The van der Waals surface area contributed by atoms with Gasteiger partial charge in [-0.2, -0.15) is 5.10 Å². The van der Waals surface area contributed by atoms with Crippen molar-refractivity contribution in [3.63, 3.8) is 0 Å². The summed E-state index contributed by atoms with van der Waals surface area (Å²) in [5.41, 5.74) is 2.51. The molecule has 1 saturated carbocycles. The average molecular weight is 522 g/mol. The number of rotatable bonds is 5. The molecule has 2 aliphatic rings. The molecule has 1 aliphatic carbocycles. The Kier molecular flexibility index (Phi) is 7.09. The van der Waals surface area contributed by atoms with Crippen LogP contribution >= 0.6 is 0 Å². The molecule has 1 heterocycles. The smallest absolute Gasteiger partial charge is 0.341 e. The van der Waals surface area contributed by atoms with E-state index in [9.17, 15) is 27.2 Å². The number of carbonyl (C=O) groups is 2. The van der Waals surface area contributed by atoms with E-state index in [4.69, 9.17) is 4.74 Å². The van der Waals surface area contributed by atoms with Gasteiger partial charge in [-0.3, -0.25) is 4.79 Å². The van der Waals surface area contributed by atoms with Crippen LogP contribution in [0.4, 0.5) is 17.6 Å². The molecule has 0 aromatic heterocycles. The van der Waals surface area contributed by atoms with Crippen molar-refractivity contribution in [1.82, 2.24) is 5.01 Å². The molecule has 0 saturated heterocycles. The molecular formula is C29H22F4N2O3. The van der Waals surface area contributed by atoms with Crippen molar-refractivity contribution in [1.29, 1.82) is 0 Å². The average Bonchev–Trinajstić information content (AvgIpc) is 3.30. The Morgan fingerprint density at radius 2 is 1.58 bits per heavy atom. The quantitative estimate of drug-likeness (QED) is 0.295. The fourth-order valence-corrected chi connectivity index (χ4v) is 4.89. The third-order valence-electron chi connectivity index (χ3n) is 6.66. The van der Waals surface area contributed by atoms with Gasteiger partial charge in [0.1, 0.15) is 23.3 Å². The molecule has 0 spiro atoms. The number of hydrazone groups is 1. The second-order valence-corrected chi connectivity index (χ2v) is 9.14. The third-order valence-corrected chi connectivity index (χ3v) is 6.66. The zero-order chi connectivity index (χ0) is 26.8. The Balaban J connectivity index is 1.43. The molecule has 3 aromatic rings. The summed E-state index contributed by atoms with van der Waals surface area (Å²) in [6.07, 6.45) is 4.13. The molecule has 0 radical (unpaired) electrons. The molecule has 2 unspecified atom stereocenters. The lowest BCUT2D eigenvalue weighted by Crippen LogP contribution is -2.34. The van der Waals surface area contributed by atoms with Gasteiger partial charge in [0.15, 0.2) is 6.61 Å². The SMILES string of the molecule is O=C(OCC(=O)N1N=C2/C(=C/c3ccc(F)cc3)CCCC2C1c1ccc(F)cc1)c1ccc(F)cc1F. The lowest BCUT2D eigenvalue weighted by atomic mass is 9.77. The highest BCUT2D eigenvalue weighted by atomic mass is 19.1. The van der Waals surface area contributed by atoms with Gasteiger partial charge in [0.05, 0.1) is 17.3 Å². The maximum atomic E-state index is 14.0. The summed E-state index contributed by atoms with van der Waals surface area (Å²) in [5, 5.41) is 5.84. The number of nitrogens with zero attached hydrogens (tertiary/aromatic N) is 2. The van der Waals surface area contributed by atoms with Gasteiger partial charge < -0.3 is 4.74 Å². The molecule has 38 heavy (non-hydrogen) atoms. The van der Waals surface area contributed by atoms with Crippen LogP contribution in [-0.2, 0) is 9.53 Å². The Bertz CT molecular complexity index is 1440. The first kappa shape index (κ1) is 25.4. The molecule has 1 fully saturated rings. The van der Waals surface area contributed by atoms with Gasteiger partial charge in [-0.1, -0.05) is 24.3 Å². The minimum absolute atomic E-state index is 0.199. The number of allylic oxidation sites excluding steroid dienone is 1. The van der Waals surface area contributed by atoms with E-state index in [-0.39, 0.29) is 11.7 Å². The maximum Gasteiger partial charge on any atom is 0.341 e. The molecule has 1 aliphatic heterocycles. The van der Waals surface area contributed by atoms with Crippen molar-refractivity contribution in [3.05, 3.63) is 112 Å². The van der Waals surface area contributed by atoms with E-state index in [0.717, 1.165) is 29.7 Å². The largest absolute Gasteiger partial charge is 0.452 e. The van der Waals surface area contributed by atoms with Gasteiger partial charge in [-0.25, -0.2) is 27.4 Å². The highest BCUT2D eigenvalue weighted by molar-refractivity contribution is 6.08. The number of hydrogen-bond acceptors (Lipinski definition) is 4. The molecular weight excluding hydrogens is 500 g/mol. The topological polar surface area (TPSA) is 59.0 Å². The summed E-state index contributed by atoms with van der Waals surface area (Å²) in [5.74, 6) is -4.70. The molecule has 3 aromatic carbocycles. The molecule has 2 atom stereocenters. The van der Waals surface area contributed by atoms with Crippen molar-refractivity contribution < 1.29 is 31.9 Å². The molecule has 5 nitrogen and oxygen atoms in total. The number of carbonyl (C=O) groups excluding carboxylic acids is 2. The second-order valence-electron chi connectivity index (χ2n) is 9.14. The minimum atomic E-state index is -1.12. The summed E-state index contributed by atoms with van der Waals surface area (Å²) in [6.45, 7) is -0.728. The van der Waals surface area contributed by atoms with Crippen LogP contribution in [0.15, 0.2) is 77.4 Å². The van der Waals surface area contributed by atoms with Crippen LogP contribution in [0, 0.1) is 29.2 Å². The van der Waals surface area contributed by atoms with Crippen molar-refractivity contribution in [2.24, 2.45) is 11.0 Å². The van der Waals surface area contributed by atoms with E-state index in [2.05, 4.69) is 5.10 Å². The van der Waals surface area contributed by atoms with Crippen LogP contribution in [0.2, 0.25) is 0 Å². The van der Waals surface area contributed by atoms with Crippen LogP contribution in [0.25, 0.3) is 6.08 Å². The zero-order valence-electron chi connectivity index (χ0n) is 20.0. The van der Waals surface area contributed by atoms with Gasteiger partial charge in [0, 0.05) is 12.0 Å². The van der Waals surface area contributed by atoms with E-state index in [1.807, 2.05) is 6.08 Å². The summed E-state index contributed by atoms with van der Waals surface area (Å²) in [7, 11) is 0. The minimum Gasteiger partial charge on any atom is -0.452 e. The monoisotopic (exact) mass is 522 g/mol. The summed E-state index contributed by atoms with van der Waals surface area (Å²) >= 11 is 0. The van der Waals surface area contributed by atoms with Crippen molar-refractivity contribution in [2.45, 2.75) is 25.3 Å². The van der Waals surface area contributed by atoms with Crippen LogP contribution in [0.1, 0.15) is 46.8 Å². The van der Waals surface area contributed by atoms with E-state index in [1.54, 1.807) is 24.3 Å². The van der Waals surface area contributed by atoms with Crippen LogP contribution in [0.3, 0.4) is 0 Å². The first-order chi connectivity index (χ1) is 18.3. The third kappa shape index (κ3) is 5.22. The van der Waals surface area contributed by atoms with Crippen molar-refractivity contribution in [2.75, 3.05) is 6.61 Å². The lowest BCUT2D eigenvalue weighted by molar-refractivity contribution is -0.137. The standard InChI is InChI=1S/C29H22F4N2O3/c30-20-8-4-17(5-9-20)14-19-2-1-3-24-27(19)34-35(28(24)18-6-10-21(31)11-7-18)26(36)16-38-29(37)23-13-12-22(32)15-25(23)33/h4-15,24,28H,1-3,16H2/b19-14+.